The van der Waals surface area contributed by atoms with Crippen molar-refractivity contribution >= 4 is 34.8 Å². The van der Waals surface area contributed by atoms with Crippen LogP contribution in [0.2, 0.25) is 5.02 Å². The molecule has 0 atom stereocenters. The van der Waals surface area contributed by atoms with E-state index >= 15 is 0 Å². The SMILES string of the molecule is N#CC1(C(=O)Nc2ccc(N3CCCC3=O)c(Cl)c2)CCCC1. The van der Waals surface area contributed by atoms with Gasteiger partial charge in [-0.05, 0) is 37.5 Å². The lowest BCUT2D eigenvalue weighted by Crippen LogP contribution is -2.32. The molecule has 1 saturated heterocycles. The van der Waals surface area contributed by atoms with Crippen molar-refractivity contribution < 1.29 is 9.59 Å². The fourth-order valence-electron chi connectivity index (χ4n) is 3.33. The third-order valence-corrected chi connectivity index (χ3v) is 4.98. The van der Waals surface area contributed by atoms with Crippen molar-refractivity contribution in [3.63, 3.8) is 0 Å². The van der Waals surface area contributed by atoms with Crippen LogP contribution in [0.15, 0.2) is 18.2 Å². The zero-order valence-electron chi connectivity index (χ0n) is 12.8. The van der Waals surface area contributed by atoms with E-state index in [1.165, 1.54) is 0 Å². The molecule has 1 N–H and O–H groups in total. The van der Waals surface area contributed by atoms with Crippen LogP contribution >= 0.6 is 11.6 Å². The molecule has 1 aliphatic carbocycles. The zero-order valence-corrected chi connectivity index (χ0v) is 13.5. The minimum Gasteiger partial charge on any atom is -0.325 e. The topological polar surface area (TPSA) is 73.2 Å². The quantitative estimate of drug-likeness (QED) is 0.921. The van der Waals surface area contributed by atoms with E-state index in [0.29, 0.717) is 42.2 Å². The Balaban J connectivity index is 1.77. The molecule has 0 bridgehead atoms. The summed E-state index contributed by atoms with van der Waals surface area (Å²) < 4.78 is 0. The molecule has 5 nitrogen and oxygen atoms in total. The van der Waals surface area contributed by atoms with Crippen molar-refractivity contribution in [2.24, 2.45) is 5.41 Å². The summed E-state index contributed by atoms with van der Waals surface area (Å²) in [6, 6.07) is 7.29. The normalized spacial score (nSPS) is 19.7. The Morgan fingerprint density at radius 3 is 2.61 bits per heavy atom. The molecule has 1 saturated carbocycles. The molecule has 1 heterocycles. The van der Waals surface area contributed by atoms with Crippen molar-refractivity contribution in [3.05, 3.63) is 23.2 Å². The molecule has 2 amide bonds. The second-order valence-electron chi connectivity index (χ2n) is 6.17. The summed E-state index contributed by atoms with van der Waals surface area (Å²) in [6.07, 6.45) is 4.38. The molecule has 1 aromatic carbocycles. The molecule has 0 spiro atoms. The van der Waals surface area contributed by atoms with Crippen LogP contribution in [-0.4, -0.2) is 18.4 Å². The monoisotopic (exact) mass is 331 g/mol. The number of carbonyl (C=O) groups is 2. The Kier molecular flexibility index (Phi) is 4.27. The smallest absolute Gasteiger partial charge is 0.244 e. The van der Waals surface area contributed by atoms with Gasteiger partial charge in [0.1, 0.15) is 5.41 Å². The number of nitrogens with one attached hydrogen (secondary N) is 1. The van der Waals surface area contributed by atoms with Gasteiger partial charge in [0.2, 0.25) is 11.8 Å². The minimum atomic E-state index is -0.921. The first-order chi connectivity index (χ1) is 11.1. The van der Waals surface area contributed by atoms with Crippen LogP contribution in [0.3, 0.4) is 0 Å². The number of hydrogen-bond acceptors (Lipinski definition) is 3. The van der Waals surface area contributed by atoms with E-state index in [4.69, 9.17) is 11.6 Å². The highest BCUT2D eigenvalue weighted by Crippen LogP contribution is 2.39. The number of halogens is 1. The average Bonchev–Trinajstić information content (AvgIpc) is 3.17. The lowest BCUT2D eigenvalue weighted by Gasteiger charge is -2.21. The first kappa shape index (κ1) is 15.8. The summed E-state index contributed by atoms with van der Waals surface area (Å²) in [5.41, 5.74) is 0.302. The molecule has 1 aliphatic heterocycles. The highest BCUT2D eigenvalue weighted by Gasteiger charge is 2.41. The van der Waals surface area contributed by atoms with Crippen molar-refractivity contribution in [1.82, 2.24) is 0 Å². The summed E-state index contributed by atoms with van der Waals surface area (Å²) in [7, 11) is 0. The molecule has 0 unspecified atom stereocenters. The number of anilines is 2. The standard InChI is InChI=1S/C17H18ClN3O2/c18-13-10-12(5-6-14(13)21-9-3-4-15(21)22)20-16(23)17(11-19)7-1-2-8-17/h5-6,10H,1-4,7-9H2,(H,20,23). The van der Waals surface area contributed by atoms with Gasteiger partial charge in [-0.1, -0.05) is 24.4 Å². The highest BCUT2D eigenvalue weighted by molar-refractivity contribution is 6.34. The summed E-state index contributed by atoms with van der Waals surface area (Å²) in [4.78, 5) is 25.9. The fraction of sp³-hybridized carbons (Fsp3) is 0.471. The Hall–Kier alpha value is -2.06. The number of nitrogens with zero attached hydrogens (tertiary/aromatic N) is 2. The van der Waals surface area contributed by atoms with Crippen LogP contribution in [-0.2, 0) is 9.59 Å². The van der Waals surface area contributed by atoms with Crippen LogP contribution in [0.25, 0.3) is 0 Å². The molecular formula is C17H18ClN3O2. The van der Waals surface area contributed by atoms with Crippen LogP contribution < -0.4 is 10.2 Å². The van der Waals surface area contributed by atoms with E-state index in [-0.39, 0.29) is 11.8 Å². The maximum absolute atomic E-state index is 12.4. The molecule has 0 aromatic heterocycles. The molecule has 0 radical (unpaired) electrons. The van der Waals surface area contributed by atoms with Gasteiger partial charge < -0.3 is 10.2 Å². The average molecular weight is 332 g/mol. The number of benzene rings is 1. The van der Waals surface area contributed by atoms with E-state index in [1.807, 2.05) is 0 Å². The zero-order chi connectivity index (χ0) is 16.4. The van der Waals surface area contributed by atoms with E-state index in [9.17, 15) is 14.9 Å². The predicted octanol–water partition coefficient (Wildman–Crippen LogP) is 3.49. The lowest BCUT2D eigenvalue weighted by atomic mass is 9.87. The van der Waals surface area contributed by atoms with Crippen molar-refractivity contribution in [2.75, 3.05) is 16.8 Å². The van der Waals surface area contributed by atoms with Crippen LogP contribution in [0.4, 0.5) is 11.4 Å². The first-order valence-corrected chi connectivity index (χ1v) is 8.26. The number of hydrogen-bond donors (Lipinski definition) is 1. The molecular weight excluding hydrogens is 314 g/mol. The van der Waals surface area contributed by atoms with Gasteiger partial charge in [0.05, 0.1) is 16.8 Å². The Labute approximate surface area is 140 Å². The van der Waals surface area contributed by atoms with Gasteiger partial charge in [0.25, 0.3) is 0 Å². The van der Waals surface area contributed by atoms with Gasteiger partial charge in [-0.25, -0.2) is 0 Å². The van der Waals surface area contributed by atoms with E-state index in [1.54, 1.807) is 23.1 Å². The summed E-state index contributed by atoms with van der Waals surface area (Å²) in [5, 5.41) is 12.6. The van der Waals surface area contributed by atoms with Gasteiger partial charge >= 0.3 is 0 Å². The third kappa shape index (κ3) is 2.91. The Morgan fingerprint density at radius 1 is 1.30 bits per heavy atom. The lowest BCUT2D eigenvalue weighted by molar-refractivity contribution is -0.122. The summed E-state index contributed by atoms with van der Waals surface area (Å²) >= 11 is 6.28. The van der Waals surface area contributed by atoms with Crippen molar-refractivity contribution in [1.29, 1.82) is 5.26 Å². The molecule has 6 heteroatoms. The number of amides is 2. The molecule has 1 aromatic rings. The second-order valence-corrected chi connectivity index (χ2v) is 6.58. The number of carbonyl (C=O) groups excluding carboxylic acids is 2. The van der Waals surface area contributed by atoms with Crippen molar-refractivity contribution in [3.8, 4) is 6.07 Å². The maximum atomic E-state index is 12.4. The van der Waals surface area contributed by atoms with Crippen LogP contribution in [0.5, 0.6) is 0 Å². The third-order valence-electron chi connectivity index (χ3n) is 4.68. The Morgan fingerprint density at radius 2 is 2.04 bits per heavy atom. The van der Waals surface area contributed by atoms with Gasteiger partial charge in [-0.2, -0.15) is 5.26 Å². The fourth-order valence-corrected chi connectivity index (χ4v) is 3.61. The highest BCUT2D eigenvalue weighted by atomic mass is 35.5. The second kappa shape index (κ2) is 6.21. The van der Waals surface area contributed by atoms with Gasteiger partial charge in [-0.3, -0.25) is 9.59 Å². The van der Waals surface area contributed by atoms with E-state index < -0.39 is 5.41 Å². The predicted molar refractivity (Wildman–Crippen MR) is 88.2 cm³/mol. The number of rotatable bonds is 3. The molecule has 2 fully saturated rings. The minimum absolute atomic E-state index is 0.0677. The van der Waals surface area contributed by atoms with Gasteiger partial charge in [-0.15, -0.1) is 0 Å². The first-order valence-electron chi connectivity index (χ1n) is 7.88. The van der Waals surface area contributed by atoms with E-state index in [0.717, 1.165) is 19.3 Å². The van der Waals surface area contributed by atoms with Gasteiger partial charge in [0, 0.05) is 18.7 Å². The largest absolute Gasteiger partial charge is 0.325 e. The van der Waals surface area contributed by atoms with Crippen molar-refractivity contribution in [2.45, 2.75) is 38.5 Å². The van der Waals surface area contributed by atoms with E-state index in [2.05, 4.69) is 11.4 Å². The van der Waals surface area contributed by atoms with Crippen LogP contribution in [0.1, 0.15) is 38.5 Å². The summed E-state index contributed by atoms with van der Waals surface area (Å²) in [6.45, 7) is 0.668. The number of nitriles is 1. The molecule has 3 rings (SSSR count). The molecule has 120 valence electrons. The van der Waals surface area contributed by atoms with Gasteiger partial charge in [0.15, 0.2) is 0 Å². The molecule has 23 heavy (non-hydrogen) atoms. The maximum Gasteiger partial charge on any atom is 0.244 e. The Bertz CT molecular complexity index is 690. The molecule has 2 aliphatic rings. The summed E-state index contributed by atoms with van der Waals surface area (Å²) in [5.74, 6) is -0.198. The van der Waals surface area contributed by atoms with Crippen LogP contribution in [0, 0.1) is 16.7 Å².